The van der Waals surface area contributed by atoms with Gasteiger partial charge in [-0.3, -0.25) is 9.59 Å². The van der Waals surface area contributed by atoms with Crippen molar-refractivity contribution in [3.8, 4) is 11.1 Å². The lowest BCUT2D eigenvalue weighted by Crippen LogP contribution is -2.47. The average molecular weight is 487 g/mol. The summed E-state index contributed by atoms with van der Waals surface area (Å²) in [5, 5.41) is 2.97. The lowest BCUT2D eigenvalue weighted by Gasteiger charge is -2.34. The van der Waals surface area contributed by atoms with Crippen molar-refractivity contribution in [2.75, 3.05) is 7.11 Å². The van der Waals surface area contributed by atoms with Crippen molar-refractivity contribution >= 4 is 17.4 Å². The minimum Gasteiger partial charge on any atom is -0.469 e. The lowest BCUT2D eigenvalue weighted by molar-refractivity contribution is -0.149. The van der Waals surface area contributed by atoms with Crippen LogP contribution in [0.5, 0.6) is 0 Å². The summed E-state index contributed by atoms with van der Waals surface area (Å²) in [6.07, 6.45) is 9.17. The third-order valence-corrected chi connectivity index (χ3v) is 6.70. The lowest BCUT2D eigenvalue weighted by atomic mass is 9.80. The number of nitrogens with one attached hydrogen (secondary N) is 1. The molecule has 0 atom stereocenters. The van der Waals surface area contributed by atoms with Gasteiger partial charge in [-0.1, -0.05) is 49.9 Å². The fourth-order valence-corrected chi connectivity index (χ4v) is 4.54. The number of aryl methyl sites for hydroxylation is 1. The molecule has 4 rings (SSSR count). The first-order valence-electron chi connectivity index (χ1n) is 12.1. The maximum absolute atomic E-state index is 14.8. The Bertz CT molecular complexity index is 1280. The van der Waals surface area contributed by atoms with Crippen LogP contribution in [-0.4, -0.2) is 29.9 Å². The van der Waals surface area contributed by atoms with Gasteiger partial charge < -0.3 is 15.0 Å². The monoisotopic (exact) mass is 486 g/mol. The summed E-state index contributed by atoms with van der Waals surface area (Å²) in [6.45, 7) is 8.05. The van der Waals surface area contributed by atoms with Crippen LogP contribution in [0.4, 0.5) is 4.39 Å². The number of hydrogen-bond acceptors (Lipinski definition) is 4. The van der Waals surface area contributed by atoms with Crippen LogP contribution >= 0.6 is 0 Å². The number of ether oxygens (including phenoxy) is 1. The van der Waals surface area contributed by atoms with Gasteiger partial charge in [0.2, 0.25) is 0 Å². The fraction of sp³-hybridized carbons (Fsp3) is 0.267. The van der Waals surface area contributed by atoms with E-state index in [-0.39, 0.29) is 29.7 Å². The molecule has 2 aromatic rings. The van der Waals surface area contributed by atoms with E-state index in [4.69, 9.17) is 4.74 Å². The van der Waals surface area contributed by atoms with Crippen molar-refractivity contribution in [2.24, 2.45) is 5.92 Å². The van der Waals surface area contributed by atoms with Gasteiger partial charge in [-0.25, -0.2) is 4.39 Å². The SMILES string of the molecule is C=C1C=C(C(=O)NC2CC(C(=O)OC)C2)C=CN1/C=C(\CC)c1ccccc1-c1ccc(C)cc1F. The molecule has 0 saturated heterocycles. The van der Waals surface area contributed by atoms with E-state index in [9.17, 15) is 14.0 Å². The molecule has 0 unspecified atom stereocenters. The van der Waals surface area contributed by atoms with Gasteiger partial charge in [0.05, 0.1) is 13.0 Å². The predicted octanol–water partition coefficient (Wildman–Crippen LogP) is 5.89. The summed E-state index contributed by atoms with van der Waals surface area (Å²) >= 11 is 0. The van der Waals surface area contributed by atoms with E-state index in [0.717, 1.165) is 28.7 Å². The molecule has 2 aromatic carbocycles. The van der Waals surface area contributed by atoms with Gasteiger partial charge >= 0.3 is 5.97 Å². The van der Waals surface area contributed by atoms with Crippen molar-refractivity contribution in [1.82, 2.24) is 10.2 Å². The van der Waals surface area contributed by atoms with E-state index < -0.39 is 0 Å². The molecule has 1 fully saturated rings. The summed E-state index contributed by atoms with van der Waals surface area (Å²) in [4.78, 5) is 26.1. The summed E-state index contributed by atoms with van der Waals surface area (Å²) in [5.41, 5.74) is 5.38. The van der Waals surface area contributed by atoms with E-state index >= 15 is 0 Å². The Labute approximate surface area is 211 Å². The second kappa shape index (κ2) is 10.8. The maximum atomic E-state index is 14.8. The van der Waals surface area contributed by atoms with E-state index in [2.05, 4.69) is 18.8 Å². The molecule has 1 amide bonds. The van der Waals surface area contributed by atoms with E-state index in [1.807, 2.05) is 54.4 Å². The van der Waals surface area contributed by atoms with Crippen molar-refractivity contribution in [2.45, 2.75) is 39.2 Å². The molecule has 1 aliphatic heterocycles. The zero-order valence-corrected chi connectivity index (χ0v) is 20.9. The van der Waals surface area contributed by atoms with Crippen LogP contribution in [0.15, 0.2) is 84.9 Å². The summed E-state index contributed by atoms with van der Waals surface area (Å²) in [7, 11) is 1.38. The summed E-state index contributed by atoms with van der Waals surface area (Å²) in [5.74, 6) is -0.814. The average Bonchev–Trinajstić information content (AvgIpc) is 2.85. The second-order valence-corrected chi connectivity index (χ2v) is 9.21. The second-order valence-electron chi connectivity index (χ2n) is 9.21. The molecule has 36 heavy (non-hydrogen) atoms. The fourth-order valence-electron chi connectivity index (χ4n) is 4.54. The van der Waals surface area contributed by atoms with E-state index in [1.165, 1.54) is 7.11 Å². The molecule has 0 bridgehead atoms. The van der Waals surface area contributed by atoms with Crippen LogP contribution in [0, 0.1) is 18.7 Å². The van der Waals surface area contributed by atoms with Gasteiger partial charge in [0.15, 0.2) is 0 Å². The number of esters is 1. The van der Waals surface area contributed by atoms with Gasteiger partial charge in [0.1, 0.15) is 5.82 Å². The number of benzene rings is 2. The number of amides is 1. The first-order chi connectivity index (χ1) is 17.3. The maximum Gasteiger partial charge on any atom is 0.308 e. The third-order valence-electron chi connectivity index (χ3n) is 6.70. The zero-order valence-electron chi connectivity index (χ0n) is 20.9. The molecule has 5 nitrogen and oxygen atoms in total. The highest BCUT2D eigenvalue weighted by molar-refractivity contribution is 5.97. The molecule has 2 aliphatic rings. The molecular weight excluding hydrogens is 455 g/mol. The summed E-state index contributed by atoms with van der Waals surface area (Å²) < 4.78 is 19.5. The Morgan fingerprint density at radius 1 is 1.19 bits per heavy atom. The molecule has 6 heteroatoms. The Hall–Kier alpha value is -3.93. The number of methoxy groups -OCH3 is 1. The van der Waals surface area contributed by atoms with E-state index in [1.54, 1.807) is 24.4 Å². The number of hydrogen-bond donors (Lipinski definition) is 1. The highest BCUT2D eigenvalue weighted by atomic mass is 19.1. The highest BCUT2D eigenvalue weighted by Crippen LogP contribution is 2.34. The minimum absolute atomic E-state index is 0.0348. The normalized spacial score (nSPS) is 19.4. The molecule has 0 spiro atoms. The summed E-state index contributed by atoms with van der Waals surface area (Å²) in [6, 6.07) is 13.0. The molecule has 1 N–H and O–H groups in total. The predicted molar refractivity (Wildman–Crippen MR) is 140 cm³/mol. The molecule has 0 radical (unpaired) electrons. The molecule has 1 saturated carbocycles. The van der Waals surface area contributed by atoms with Crippen molar-refractivity contribution in [3.63, 3.8) is 0 Å². The van der Waals surface area contributed by atoms with Crippen molar-refractivity contribution in [3.05, 3.63) is 102 Å². The smallest absolute Gasteiger partial charge is 0.308 e. The first kappa shape index (κ1) is 25.2. The Kier molecular flexibility index (Phi) is 7.53. The molecule has 0 aromatic heterocycles. The standard InChI is InChI=1S/C30H31FN2O3/c1-5-21(25-8-6-7-9-26(25)27-11-10-19(2)14-28(27)31)18-33-13-12-22(15-20(33)3)29(34)32-24-16-23(17-24)30(35)36-4/h6-15,18,23-24H,3,5,16-17H2,1-2,4H3,(H,32,34)/b21-18+. The zero-order chi connectivity index (χ0) is 25.8. The number of carbonyl (C=O) groups is 2. The number of nitrogens with zero attached hydrogens (tertiary/aromatic N) is 1. The van der Waals surface area contributed by atoms with Crippen LogP contribution in [0.3, 0.4) is 0 Å². The van der Waals surface area contributed by atoms with Gasteiger partial charge in [0.25, 0.3) is 5.91 Å². The molecular formula is C30H31FN2O3. The first-order valence-corrected chi connectivity index (χ1v) is 12.1. The van der Waals surface area contributed by atoms with Crippen LogP contribution in [-0.2, 0) is 14.3 Å². The molecule has 186 valence electrons. The third kappa shape index (κ3) is 5.33. The Balaban J connectivity index is 1.49. The van der Waals surface area contributed by atoms with Crippen LogP contribution < -0.4 is 5.32 Å². The number of carbonyl (C=O) groups excluding carboxylic acids is 2. The molecule has 1 aliphatic carbocycles. The van der Waals surface area contributed by atoms with Crippen LogP contribution in [0.2, 0.25) is 0 Å². The Morgan fingerprint density at radius 2 is 1.94 bits per heavy atom. The van der Waals surface area contributed by atoms with Crippen LogP contribution in [0.1, 0.15) is 37.3 Å². The number of rotatable bonds is 7. The van der Waals surface area contributed by atoms with Crippen LogP contribution in [0.25, 0.3) is 16.7 Å². The number of allylic oxidation sites excluding steroid dienone is 2. The minimum atomic E-state index is -0.247. The van der Waals surface area contributed by atoms with E-state index in [0.29, 0.717) is 29.7 Å². The topological polar surface area (TPSA) is 58.6 Å². The highest BCUT2D eigenvalue weighted by Gasteiger charge is 2.36. The van der Waals surface area contributed by atoms with Gasteiger partial charge in [-0.15, -0.1) is 0 Å². The Morgan fingerprint density at radius 3 is 2.61 bits per heavy atom. The van der Waals surface area contributed by atoms with Crippen molar-refractivity contribution in [1.29, 1.82) is 0 Å². The van der Waals surface area contributed by atoms with Gasteiger partial charge in [0, 0.05) is 35.3 Å². The van der Waals surface area contributed by atoms with Gasteiger partial charge in [-0.05, 0) is 66.7 Å². The molecule has 1 heterocycles. The van der Waals surface area contributed by atoms with Gasteiger partial charge in [-0.2, -0.15) is 0 Å². The quantitative estimate of drug-likeness (QED) is 0.496. The number of halogens is 1. The van der Waals surface area contributed by atoms with Crippen molar-refractivity contribution < 1.29 is 18.7 Å². The largest absolute Gasteiger partial charge is 0.469 e.